The Morgan fingerprint density at radius 2 is 1.61 bits per heavy atom. The van der Waals surface area contributed by atoms with Crippen LogP contribution in [0.2, 0.25) is 0 Å². The van der Waals surface area contributed by atoms with Crippen LogP contribution >= 0.6 is 0 Å². The van der Waals surface area contributed by atoms with E-state index in [2.05, 4.69) is 20.6 Å². The first-order valence-electron chi connectivity index (χ1n) is 7.27. The molecule has 0 aliphatic heterocycles. The fraction of sp³-hybridized carbons (Fsp3) is 0.0556. The number of nitrogens with one attached hydrogen (secondary N) is 2. The molecule has 2 aromatic heterocycles. The number of aromatic nitrogens is 2. The summed E-state index contributed by atoms with van der Waals surface area (Å²) in [5.74, 6) is 0.524. The van der Waals surface area contributed by atoms with Gasteiger partial charge in [0, 0.05) is 24.5 Å². The van der Waals surface area contributed by atoms with Gasteiger partial charge in [-0.05, 0) is 29.8 Å². The average Bonchev–Trinajstić information content (AvgIpc) is 2.62. The van der Waals surface area contributed by atoms with Crippen molar-refractivity contribution in [2.24, 2.45) is 0 Å². The molecule has 2 N–H and O–H groups in total. The number of nitrogens with zero attached hydrogens (tertiary/aromatic N) is 2. The van der Waals surface area contributed by atoms with Crippen molar-refractivity contribution in [2.75, 3.05) is 5.32 Å². The lowest BCUT2D eigenvalue weighted by molar-refractivity contribution is 0.251. The van der Waals surface area contributed by atoms with Gasteiger partial charge < -0.3 is 5.32 Å². The topological polar surface area (TPSA) is 66.9 Å². The number of hydrogen-bond acceptors (Lipinski definition) is 3. The summed E-state index contributed by atoms with van der Waals surface area (Å²) in [5.41, 5.74) is 2.99. The van der Waals surface area contributed by atoms with Crippen molar-refractivity contribution in [3.05, 3.63) is 78.6 Å². The molecule has 2 amide bonds. The van der Waals surface area contributed by atoms with E-state index in [0.717, 1.165) is 16.8 Å². The first-order chi connectivity index (χ1) is 11.3. The lowest BCUT2D eigenvalue weighted by Crippen LogP contribution is -2.28. The number of urea groups is 1. The zero-order chi connectivity index (χ0) is 15.9. The minimum Gasteiger partial charge on any atom is -0.334 e. The number of benzene rings is 1. The van der Waals surface area contributed by atoms with E-state index in [1.807, 2.05) is 48.5 Å². The van der Waals surface area contributed by atoms with Gasteiger partial charge in [0.05, 0.1) is 5.69 Å². The molecule has 23 heavy (non-hydrogen) atoms. The maximum atomic E-state index is 11.8. The average molecular weight is 304 g/mol. The molecule has 0 saturated carbocycles. The molecule has 0 spiro atoms. The fourth-order valence-electron chi connectivity index (χ4n) is 2.11. The second kappa shape index (κ2) is 7.17. The molecule has 114 valence electrons. The van der Waals surface area contributed by atoms with E-state index in [-0.39, 0.29) is 6.03 Å². The second-order valence-electron chi connectivity index (χ2n) is 4.93. The Kier molecular flexibility index (Phi) is 4.59. The van der Waals surface area contributed by atoms with Crippen LogP contribution in [0.5, 0.6) is 0 Å². The number of hydrogen-bond donors (Lipinski definition) is 2. The zero-order valence-electron chi connectivity index (χ0n) is 12.4. The summed E-state index contributed by atoms with van der Waals surface area (Å²) >= 11 is 0. The Morgan fingerprint density at radius 3 is 2.26 bits per heavy atom. The van der Waals surface area contributed by atoms with E-state index in [9.17, 15) is 4.79 Å². The molecule has 0 saturated heterocycles. The monoisotopic (exact) mass is 304 g/mol. The Hall–Kier alpha value is -3.21. The summed E-state index contributed by atoms with van der Waals surface area (Å²) in [7, 11) is 0. The van der Waals surface area contributed by atoms with Gasteiger partial charge in [-0.25, -0.2) is 9.78 Å². The Balaban J connectivity index is 1.55. The third kappa shape index (κ3) is 4.14. The Bertz CT molecular complexity index is 758. The van der Waals surface area contributed by atoms with Gasteiger partial charge in [-0.3, -0.25) is 10.3 Å². The smallest absolute Gasteiger partial charge is 0.320 e. The number of carbonyl (C=O) groups excluding carboxylic acids is 1. The van der Waals surface area contributed by atoms with Crippen LogP contribution < -0.4 is 10.6 Å². The Labute approximate surface area is 134 Å². The van der Waals surface area contributed by atoms with Crippen molar-refractivity contribution >= 4 is 11.8 Å². The van der Waals surface area contributed by atoms with E-state index in [1.54, 1.807) is 24.5 Å². The summed E-state index contributed by atoms with van der Waals surface area (Å²) in [6.07, 6.45) is 3.40. The van der Waals surface area contributed by atoms with E-state index < -0.39 is 0 Å². The van der Waals surface area contributed by atoms with Crippen LogP contribution in [-0.2, 0) is 6.54 Å². The third-order valence-electron chi connectivity index (χ3n) is 3.27. The molecule has 0 unspecified atom stereocenters. The highest BCUT2D eigenvalue weighted by Gasteiger charge is 2.03. The fourth-order valence-corrected chi connectivity index (χ4v) is 2.11. The van der Waals surface area contributed by atoms with E-state index in [1.165, 1.54) is 0 Å². The van der Waals surface area contributed by atoms with Gasteiger partial charge in [0.25, 0.3) is 0 Å². The van der Waals surface area contributed by atoms with Crippen LogP contribution in [0, 0.1) is 0 Å². The van der Waals surface area contributed by atoms with E-state index in [4.69, 9.17) is 0 Å². The molecule has 5 nitrogen and oxygen atoms in total. The van der Waals surface area contributed by atoms with Gasteiger partial charge in [-0.2, -0.15) is 0 Å². The number of amides is 2. The molecule has 0 fully saturated rings. The lowest BCUT2D eigenvalue weighted by atomic mass is 10.1. The largest absolute Gasteiger partial charge is 0.334 e. The molecule has 0 aliphatic rings. The molecule has 3 aromatic rings. The van der Waals surface area contributed by atoms with E-state index in [0.29, 0.717) is 12.4 Å². The van der Waals surface area contributed by atoms with Crippen LogP contribution in [0.25, 0.3) is 11.3 Å². The zero-order valence-corrected chi connectivity index (χ0v) is 12.4. The highest BCUT2D eigenvalue weighted by molar-refractivity contribution is 5.88. The SMILES string of the molecule is O=C(NCc1ccc(-c2ccccn2)cc1)Nc1ccccn1. The van der Waals surface area contributed by atoms with Crippen molar-refractivity contribution in [3.63, 3.8) is 0 Å². The summed E-state index contributed by atoms with van der Waals surface area (Å²) in [5, 5.41) is 5.48. The van der Waals surface area contributed by atoms with Crippen molar-refractivity contribution in [3.8, 4) is 11.3 Å². The number of rotatable bonds is 4. The molecule has 3 rings (SSSR count). The first-order valence-corrected chi connectivity index (χ1v) is 7.27. The molecule has 5 heteroatoms. The minimum absolute atomic E-state index is 0.280. The lowest BCUT2D eigenvalue weighted by Gasteiger charge is -2.07. The van der Waals surface area contributed by atoms with Gasteiger partial charge in [-0.1, -0.05) is 36.4 Å². The van der Waals surface area contributed by atoms with Crippen molar-refractivity contribution in [2.45, 2.75) is 6.54 Å². The predicted octanol–water partition coefficient (Wildman–Crippen LogP) is 3.47. The molecule has 1 aromatic carbocycles. The van der Waals surface area contributed by atoms with Crippen LogP contribution in [0.4, 0.5) is 10.6 Å². The summed E-state index contributed by atoms with van der Waals surface area (Å²) < 4.78 is 0. The number of pyridine rings is 2. The molecule has 0 bridgehead atoms. The van der Waals surface area contributed by atoms with Crippen molar-refractivity contribution in [1.29, 1.82) is 0 Å². The van der Waals surface area contributed by atoms with Crippen LogP contribution in [0.1, 0.15) is 5.56 Å². The second-order valence-corrected chi connectivity index (χ2v) is 4.93. The molecular weight excluding hydrogens is 288 g/mol. The summed E-state index contributed by atoms with van der Waals surface area (Å²) in [6, 6.07) is 18.8. The van der Waals surface area contributed by atoms with Crippen LogP contribution in [0.3, 0.4) is 0 Å². The van der Waals surface area contributed by atoms with Gasteiger partial charge in [0.2, 0.25) is 0 Å². The number of anilines is 1. The van der Waals surface area contributed by atoms with Gasteiger partial charge >= 0.3 is 6.03 Å². The normalized spacial score (nSPS) is 10.1. The molecule has 0 radical (unpaired) electrons. The summed E-state index contributed by atoms with van der Waals surface area (Å²) in [4.78, 5) is 20.2. The van der Waals surface area contributed by atoms with E-state index >= 15 is 0 Å². The van der Waals surface area contributed by atoms with Crippen molar-refractivity contribution < 1.29 is 4.79 Å². The molecular formula is C18H16N4O. The van der Waals surface area contributed by atoms with Gasteiger partial charge in [0.1, 0.15) is 5.82 Å². The molecule has 0 aliphatic carbocycles. The maximum Gasteiger partial charge on any atom is 0.320 e. The van der Waals surface area contributed by atoms with Crippen molar-refractivity contribution in [1.82, 2.24) is 15.3 Å². The molecule has 0 atom stereocenters. The highest BCUT2D eigenvalue weighted by atomic mass is 16.2. The first kappa shape index (κ1) is 14.7. The highest BCUT2D eigenvalue weighted by Crippen LogP contribution is 2.16. The predicted molar refractivity (Wildman–Crippen MR) is 89.8 cm³/mol. The van der Waals surface area contributed by atoms with Crippen LogP contribution in [0.15, 0.2) is 73.1 Å². The summed E-state index contributed by atoms with van der Waals surface area (Å²) in [6.45, 7) is 0.446. The number of carbonyl (C=O) groups is 1. The van der Waals surface area contributed by atoms with Gasteiger partial charge in [-0.15, -0.1) is 0 Å². The molecule has 2 heterocycles. The quantitative estimate of drug-likeness (QED) is 0.775. The maximum absolute atomic E-state index is 11.8. The van der Waals surface area contributed by atoms with Crippen LogP contribution in [-0.4, -0.2) is 16.0 Å². The minimum atomic E-state index is -0.280. The standard InChI is InChI=1S/C18H16N4O/c23-18(22-17-6-2-4-12-20-17)21-13-14-7-9-15(10-8-14)16-5-1-3-11-19-16/h1-12H,13H2,(H2,20,21,22,23). The Morgan fingerprint density at radius 1 is 0.870 bits per heavy atom. The van der Waals surface area contributed by atoms with Gasteiger partial charge in [0.15, 0.2) is 0 Å². The third-order valence-corrected chi connectivity index (χ3v) is 3.27.